The summed E-state index contributed by atoms with van der Waals surface area (Å²) in [6, 6.07) is 0.0231. The maximum atomic E-state index is 12.0. The van der Waals surface area contributed by atoms with Gasteiger partial charge in [-0.25, -0.2) is 14.5 Å². The van der Waals surface area contributed by atoms with E-state index < -0.39 is 10.0 Å². The predicted molar refractivity (Wildman–Crippen MR) is 62.4 cm³/mol. The molecule has 0 aliphatic carbocycles. The van der Waals surface area contributed by atoms with Gasteiger partial charge in [-0.05, 0) is 15.9 Å². The average Bonchev–Trinajstić information content (AvgIpc) is 2.85. The van der Waals surface area contributed by atoms with Crippen LogP contribution in [0, 0.1) is 0 Å². The third kappa shape index (κ3) is 2.28. The molecule has 98 valence electrons. The maximum Gasteiger partial charge on any atom is 0.336 e. The molecule has 2 aromatic rings. The van der Waals surface area contributed by atoms with Crippen molar-refractivity contribution in [2.75, 3.05) is 11.8 Å². The van der Waals surface area contributed by atoms with Crippen LogP contribution in [0.4, 0.5) is 5.95 Å². The number of nitrogens with zero attached hydrogens (tertiary/aromatic N) is 5. The second-order valence-electron chi connectivity index (χ2n) is 3.09. The molecule has 0 aliphatic heterocycles. The molecule has 2 rings (SSSR count). The summed E-state index contributed by atoms with van der Waals surface area (Å²) in [6.07, 6.45) is 0. The molecule has 0 aromatic carbocycles. The number of anilines is 1. The largest absolute Gasteiger partial charge is 0.466 e. The summed E-state index contributed by atoms with van der Waals surface area (Å²) < 4.78 is 32.2. The third-order valence-corrected chi connectivity index (χ3v) is 4.10. The van der Waals surface area contributed by atoms with E-state index in [-0.39, 0.29) is 21.6 Å². The van der Waals surface area contributed by atoms with Crippen molar-refractivity contribution >= 4 is 31.9 Å². The molecular weight excluding hydrogens is 330 g/mol. The lowest BCUT2D eigenvalue weighted by atomic mass is 10.9. The van der Waals surface area contributed by atoms with Crippen molar-refractivity contribution in [3.05, 3.63) is 4.60 Å². The van der Waals surface area contributed by atoms with Gasteiger partial charge in [0.25, 0.3) is 10.0 Å². The smallest absolute Gasteiger partial charge is 0.336 e. The Labute approximate surface area is 110 Å². The summed E-state index contributed by atoms with van der Waals surface area (Å²) in [4.78, 5) is 3.74. The average molecular weight is 338 g/mol. The molecule has 0 fully saturated rings. The Morgan fingerprint density at radius 1 is 1.50 bits per heavy atom. The van der Waals surface area contributed by atoms with Gasteiger partial charge in [-0.2, -0.15) is 13.4 Å². The van der Waals surface area contributed by atoms with Crippen LogP contribution in [0.3, 0.4) is 0 Å². The molecule has 0 spiro atoms. The Balaban J connectivity index is 2.33. The minimum absolute atomic E-state index is 0.0231. The van der Waals surface area contributed by atoms with Gasteiger partial charge in [-0.1, -0.05) is 5.21 Å². The molecule has 0 saturated heterocycles. The molecule has 0 bridgehead atoms. The highest BCUT2D eigenvalue weighted by molar-refractivity contribution is 9.10. The number of ether oxygens (including phenoxy) is 1. The molecule has 2 heterocycles. The second-order valence-corrected chi connectivity index (χ2v) is 5.43. The third-order valence-electron chi connectivity index (χ3n) is 1.87. The number of aryl methyl sites for hydroxylation is 1. The second kappa shape index (κ2) is 4.53. The Morgan fingerprint density at radius 3 is 2.72 bits per heavy atom. The van der Waals surface area contributed by atoms with E-state index in [4.69, 9.17) is 4.74 Å². The van der Waals surface area contributed by atoms with Crippen molar-refractivity contribution in [3.63, 3.8) is 0 Å². The molecule has 12 heteroatoms. The number of nitrogens with one attached hydrogen (secondary N) is 2. The van der Waals surface area contributed by atoms with Crippen molar-refractivity contribution in [3.8, 4) is 6.01 Å². The Hall–Kier alpha value is -1.69. The standard InChI is InChI=1S/C6H8BrN7O3S/c1-14-4(3(7)9-13-14)18(15,16)12-5-8-6(17-2)11-10-5/h1-2H3,(H2,8,10,11,12). The van der Waals surface area contributed by atoms with Crippen LogP contribution in [0.5, 0.6) is 6.01 Å². The van der Waals surface area contributed by atoms with Gasteiger partial charge in [0.15, 0.2) is 4.60 Å². The van der Waals surface area contributed by atoms with Crippen LogP contribution < -0.4 is 9.46 Å². The van der Waals surface area contributed by atoms with E-state index in [9.17, 15) is 8.42 Å². The molecule has 0 atom stereocenters. The summed E-state index contributed by atoms with van der Waals surface area (Å²) in [5.41, 5.74) is 0. The monoisotopic (exact) mass is 337 g/mol. The van der Waals surface area contributed by atoms with Crippen LogP contribution in [-0.2, 0) is 17.1 Å². The predicted octanol–water partition coefficient (Wildman–Crippen LogP) is -0.495. The molecule has 18 heavy (non-hydrogen) atoms. The summed E-state index contributed by atoms with van der Waals surface area (Å²) in [5, 5.41) is 13.0. The Morgan fingerprint density at radius 2 is 2.22 bits per heavy atom. The first-order chi connectivity index (χ1) is 8.44. The number of aromatic amines is 1. The van der Waals surface area contributed by atoms with E-state index in [1.54, 1.807) is 0 Å². The zero-order valence-electron chi connectivity index (χ0n) is 9.25. The molecule has 0 saturated carbocycles. The van der Waals surface area contributed by atoms with Gasteiger partial charge < -0.3 is 4.74 Å². The van der Waals surface area contributed by atoms with Crippen molar-refractivity contribution in [2.24, 2.45) is 7.05 Å². The summed E-state index contributed by atoms with van der Waals surface area (Å²) >= 11 is 3.00. The highest BCUT2D eigenvalue weighted by atomic mass is 79.9. The molecule has 2 aromatic heterocycles. The van der Waals surface area contributed by atoms with Crippen LogP contribution in [0.15, 0.2) is 9.63 Å². The van der Waals surface area contributed by atoms with E-state index in [1.807, 2.05) is 0 Å². The van der Waals surface area contributed by atoms with Crippen LogP contribution in [0.2, 0.25) is 0 Å². The first-order valence-electron chi connectivity index (χ1n) is 4.48. The van der Waals surface area contributed by atoms with Crippen LogP contribution >= 0.6 is 15.9 Å². The topological polar surface area (TPSA) is 128 Å². The molecule has 10 nitrogen and oxygen atoms in total. The number of aromatic nitrogens is 6. The first kappa shape index (κ1) is 12.8. The number of hydrogen-bond donors (Lipinski definition) is 2. The Bertz CT molecular complexity index is 643. The van der Waals surface area contributed by atoms with Gasteiger partial charge in [-0.3, -0.25) is 0 Å². The van der Waals surface area contributed by atoms with Crippen LogP contribution in [0.25, 0.3) is 0 Å². The number of methoxy groups -OCH3 is 1. The lowest BCUT2D eigenvalue weighted by Crippen LogP contribution is -2.18. The van der Waals surface area contributed by atoms with Crippen molar-refractivity contribution in [1.29, 1.82) is 0 Å². The number of rotatable bonds is 4. The number of halogens is 1. The number of sulfonamides is 1. The van der Waals surface area contributed by atoms with Crippen molar-refractivity contribution in [2.45, 2.75) is 5.03 Å². The molecule has 0 aliphatic rings. The fraction of sp³-hybridized carbons (Fsp3) is 0.333. The van der Waals surface area contributed by atoms with Gasteiger partial charge in [-0.15, -0.1) is 10.2 Å². The fourth-order valence-corrected chi connectivity index (χ4v) is 3.22. The summed E-state index contributed by atoms with van der Waals surface area (Å²) in [5.74, 6) is -0.0695. The first-order valence-corrected chi connectivity index (χ1v) is 6.76. The number of H-pyrrole nitrogens is 1. The van der Waals surface area contributed by atoms with E-state index in [0.29, 0.717) is 0 Å². The van der Waals surface area contributed by atoms with Crippen molar-refractivity contribution in [1.82, 2.24) is 30.2 Å². The zero-order valence-corrected chi connectivity index (χ0v) is 11.6. The van der Waals surface area contributed by atoms with E-state index in [1.165, 1.54) is 14.2 Å². The van der Waals surface area contributed by atoms with E-state index in [0.717, 1.165) is 4.68 Å². The lowest BCUT2D eigenvalue weighted by Gasteiger charge is -2.04. The Kier molecular flexibility index (Phi) is 3.21. The molecule has 0 radical (unpaired) electrons. The maximum absolute atomic E-state index is 12.0. The molecule has 2 N–H and O–H groups in total. The quantitative estimate of drug-likeness (QED) is 0.769. The van der Waals surface area contributed by atoms with Crippen LogP contribution in [0.1, 0.15) is 0 Å². The van der Waals surface area contributed by atoms with Gasteiger partial charge >= 0.3 is 6.01 Å². The van der Waals surface area contributed by atoms with E-state index >= 15 is 0 Å². The SMILES string of the molecule is COc1n[nH]c(NS(=O)(=O)c2c(Br)nnn2C)n1. The van der Waals surface area contributed by atoms with Gasteiger partial charge in [0.1, 0.15) is 0 Å². The van der Waals surface area contributed by atoms with E-state index in [2.05, 4.69) is 46.1 Å². The molecule has 0 unspecified atom stereocenters. The highest BCUT2D eigenvalue weighted by Gasteiger charge is 2.25. The van der Waals surface area contributed by atoms with Gasteiger partial charge in [0.05, 0.1) is 7.11 Å². The minimum atomic E-state index is -3.87. The fourth-order valence-electron chi connectivity index (χ4n) is 1.17. The van der Waals surface area contributed by atoms with Gasteiger partial charge in [0.2, 0.25) is 11.0 Å². The number of hydrogen-bond acceptors (Lipinski definition) is 7. The highest BCUT2D eigenvalue weighted by Crippen LogP contribution is 2.20. The van der Waals surface area contributed by atoms with Gasteiger partial charge in [0, 0.05) is 7.05 Å². The molecular formula is C6H8BrN7O3S. The zero-order chi connectivity index (χ0) is 13.3. The van der Waals surface area contributed by atoms with Crippen molar-refractivity contribution < 1.29 is 13.2 Å². The summed E-state index contributed by atoms with van der Waals surface area (Å²) in [6.45, 7) is 0. The summed E-state index contributed by atoms with van der Waals surface area (Å²) in [7, 11) is -1.06. The minimum Gasteiger partial charge on any atom is -0.466 e. The normalized spacial score (nSPS) is 11.5. The lowest BCUT2D eigenvalue weighted by molar-refractivity contribution is 0.382. The molecule has 0 amide bonds. The van der Waals surface area contributed by atoms with Crippen LogP contribution in [-0.4, -0.2) is 45.7 Å².